The molecule has 1 aromatic carbocycles. The van der Waals surface area contributed by atoms with Crippen LogP contribution in [0.2, 0.25) is 0 Å². The van der Waals surface area contributed by atoms with E-state index in [1.807, 2.05) is 12.1 Å². The lowest BCUT2D eigenvalue weighted by Gasteiger charge is -2.21. The Morgan fingerprint density at radius 2 is 1.76 bits per heavy atom. The Kier molecular flexibility index (Phi) is 5.92. The summed E-state index contributed by atoms with van der Waals surface area (Å²) in [5.74, 6) is -0.526. The van der Waals surface area contributed by atoms with Crippen molar-refractivity contribution in [3.63, 3.8) is 0 Å². The molecule has 0 saturated carbocycles. The second kappa shape index (κ2) is 7.04. The highest BCUT2D eigenvalue weighted by Crippen LogP contribution is 2.18. The van der Waals surface area contributed by atoms with Crippen molar-refractivity contribution < 1.29 is 13.2 Å². The molecule has 0 spiro atoms. The fraction of sp³-hybridized carbons (Fsp3) is 0.533. The van der Waals surface area contributed by atoms with Gasteiger partial charge >= 0.3 is 0 Å². The average molecular weight is 312 g/mol. The third-order valence-corrected chi connectivity index (χ3v) is 5.48. The number of carbonyl (C=O) groups excluding carboxylic acids is 1. The third kappa shape index (κ3) is 4.82. The van der Waals surface area contributed by atoms with E-state index in [1.54, 1.807) is 12.1 Å². The van der Waals surface area contributed by atoms with Crippen molar-refractivity contribution in [3.05, 3.63) is 29.8 Å². The van der Waals surface area contributed by atoms with E-state index in [-0.39, 0.29) is 0 Å². The normalized spacial score (nSPS) is 12.2. The maximum absolute atomic E-state index is 12.1. The van der Waals surface area contributed by atoms with Gasteiger partial charge in [0.1, 0.15) is 4.75 Å². The van der Waals surface area contributed by atoms with E-state index >= 15 is 0 Å². The van der Waals surface area contributed by atoms with Crippen LogP contribution in [0.15, 0.2) is 24.3 Å². The van der Waals surface area contributed by atoms with Crippen LogP contribution in [0.25, 0.3) is 0 Å². The molecule has 1 rings (SSSR count). The maximum atomic E-state index is 12.1. The molecule has 0 heterocycles. The quantitative estimate of drug-likeness (QED) is 0.755. The Labute approximate surface area is 127 Å². The van der Waals surface area contributed by atoms with Gasteiger partial charge in [-0.2, -0.15) is 0 Å². The van der Waals surface area contributed by atoms with Crippen LogP contribution in [-0.2, 0) is 21.2 Å². The van der Waals surface area contributed by atoms with E-state index in [2.05, 4.69) is 17.6 Å². The molecule has 0 unspecified atom stereocenters. The summed E-state index contributed by atoms with van der Waals surface area (Å²) in [6, 6.07) is 7.37. The number of anilines is 1. The topological polar surface area (TPSA) is 75.3 Å². The van der Waals surface area contributed by atoms with Crippen LogP contribution in [0.4, 0.5) is 5.69 Å². The van der Waals surface area contributed by atoms with Gasteiger partial charge in [0.2, 0.25) is 5.91 Å². The number of sulfone groups is 1. The lowest BCUT2D eigenvalue weighted by molar-refractivity contribution is -0.117. The summed E-state index contributed by atoms with van der Waals surface area (Å²) in [5.41, 5.74) is 1.71. The molecule has 2 N–H and O–H groups in total. The monoisotopic (exact) mass is 312 g/mol. The van der Waals surface area contributed by atoms with E-state index in [1.165, 1.54) is 13.8 Å². The zero-order valence-electron chi connectivity index (χ0n) is 13.1. The van der Waals surface area contributed by atoms with Crippen LogP contribution >= 0.6 is 0 Å². The molecule has 1 aromatic rings. The number of amides is 1. The van der Waals surface area contributed by atoms with Crippen molar-refractivity contribution in [1.29, 1.82) is 0 Å². The Morgan fingerprint density at radius 3 is 2.24 bits per heavy atom. The number of hydrogen-bond donors (Lipinski definition) is 2. The molecule has 0 fully saturated rings. The zero-order valence-corrected chi connectivity index (χ0v) is 13.9. The third-order valence-electron chi connectivity index (χ3n) is 3.44. The van der Waals surface area contributed by atoms with Gasteiger partial charge in [-0.05, 0) is 44.5 Å². The molecule has 0 aliphatic heterocycles. The largest absolute Gasteiger partial charge is 0.325 e. The van der Waals surface area contributed by atoms with Gasteiger partial charge in [-0.15, -0.1) is 0 Å². The van der Waals surface area contributed by atoms with Crippen molar-refractivity contribution in [2.24, 2.45) is 0 Å². The van der Waals surface area contributed by atoms with Crippen molar-refractivity contribution in [1.82, 2.24) is 5.32 Å². The summed E-state index contributed by atoms with van der Waals surface area (Å²) >= 11 is 0. The van der Waals surface area contributed by atoms with Crippen LogP contribution in [0, 0.1) is 0 Å². The predicted molar refractivity (Wildman–Crippen MR) is 86.0 cm³/mol. The van der Waals surface area contributed by atoms with Crippen molar-refractivity contribution in [3.8, 4) is 0 Å². The molecule has 21 heavy (non-hydrogen) atoms. The van der Waals surface area contributed by atoms with Gasteiger partial charge in [-0.3, -0.25) is 4.79 Å². The SMILES string of the molecule is CCCNCc1ccc(NC(=O)C(C)(C)S(C)(=O)=O)cc1. The highest BCUT2D eigenvalue weighted by molar-refractivity contribution is 7.92. The summed E-state index contributed by atoms with van der Waals surface area (Å²) in [7, 11) is -3.47. The van der Waals surface area contributed by atoms with Gasteiger partial charge < -0.3 is 10.6 Å². The number of carbonyl (C=O) groups is 1. The smallest absolute Gasteiger partial charge is 0.245 e. The van der Waals surface area contributed by atoms with Crippen molar-refractivity contribution in [2.75, 3.05) is 18.1 Å². The molecule has 0 bridgehead atoms. The van der Waals surface area contributed by atoms with E-state index < -0.39 is 20.5 Å². The fourth-order valence-electron chi connectivity index (χ4n) is 1.57. The molecule has 0 aromatic heterocycles. The number of nitrogens with one attached hydrogen (secondary N) is 2. The van der Waals surface area contributed by atoms with Gasteiger partial charge in [0.05, 0.1) is 0 Å². The van der Waals surface area contributed by atoms with Crippen LogP contribution in [0.1, 0.15) is 32.8 Å². The Morgan fingerprint density at radius 1 is 1.19 bits per heavy atom. The molecule has 0 saturated heterocycles. The Balaban J connectivity index is 2.70. The summed E-state index contributed by atoms with van der Waals surface area (Å²) in [4.78, 5) is 12.1. The second-order valence-corrected chi connectivity index (χ2v) is 8.18. The number of benzene rings is 1. The van der Waals surface area contributed by atoms with Crippen molar-refractivity contribution in [2.45, 2.75) is 38.5 Å². The van der Waals surface area contributed by atoms with Crippen LogP contribution < -0.4 is 10.6 Å². The zero-order chi connectivity index (χ0) is 16.1. The first-order chi connectivity index (χ1) is 9.68. The first-order valence-electron chi connectivity index (χ1n) is 6.99. The van der Waals surface area contributed by atoms with Crippen LogP contribution in [0.5, 0.6) is 0 Å². The molecule has 1 amide bonds. The van der Waals surface area contributed by atoms with Crippen molar-refractivity contribution >= 4 is 21.4 Å². The van der Waals surface area contributed by atoms with Gasteiger partial charge in [0, 0.05) is 18.5 Å². The molecule has 118 valence electrons. The lowest BCUT2D eigenvalue weighted by Crippen LogP contribution is -2.43. The molecule has 0 radical (unpaired) electrons. The lowest BCUT2D eigenvalue weighted by atomic mass is 10.1. The van der Waals surface area contributed by atoms with Gasteiger partial charge in [-0.1, -0.05) is 19.1 Å². The minimum atomic E-state index is -3.47. The highest BCUT2D eigenvalue weighted by Gasteiger charge is 2.38. The molecule has 6 heteroatoms. The Hall–Kier alpha value is -1.40. The maximum Gasteiger partial charge on any atom is 0.245 e. The summed E-state index contributed by atoms with van der Waals surface area (Å²) < 4.78 is 21.8. The highest BCUT2D eigenvalue weighted by atomic mass is 32.2. The summed E-state index contributed by atoms with van der Waals surface area (Å²) in [5, 5.41) is 5.93. The molecular formula is C15H24N2O3S. The molecule has 0 aliphatic carbocycles. The minimum absolute atomic E-state index is 0.526. The summed E-state index contributed by atoms with van der Waals surface area (Å²) in [6.45, 7) is 6.65. The number of rotatable bonds is 7. The molecule has 5 nitrogen and oxygen atoms in total. The fourth-order valence-corrected chi connectivity index (χ4v) is 1.95. The van der Waals surface area contributed by atoms with Gasteiger partial charge in [0.25, 0.3) is 0 Å². The molecule has 0 aliphatic rings. The first kappa shape index (κ1) is 17.7. The predicted octanol–water partition coefficient (Wildman–Crippen LogP) is 1.95. The molecule has 0 atom stereocenters. The van der Waals surface area contributed by atoms with E-state index in [0.29, 0.717) is 5.69 Å². The first-order valence-corrected chi connectivity index (χ1v) is 8.88. The minimum Gasteiger partial charge on any atom is -0.325 e. The van der Waals surface area contributed by atoms with E-state index in [9.17, 15) is 13.2 Å². The van der Waals surface area contributed by atoms with Crippen LogP contribution in [-0.4, -0.2) is 31.9 Å². The van der Waals surface area contributed by atoms with Gasteiger partial charge in [0.15, 0.2) is 9.84 Å². The van der Waals surface area contributed by atoms with Gasteiger partial charge in [-0.25, -0.2) is 8.42 Å². The average Bonchev–Trinajstić information content (AvgIpc) is 2.39. The number of hydrogen-bond acceptors (Lipinski definition) is 4. The van der Waals surface area contributed by atoms with Crippen LogP contribution in [0.3, 0.4) is 0 Å². The van der Waals surface area contributed by atoms with E-state index in [4.69, 9.17) is 0 Å². The second-order valence-electron chi connectivity index (χ2n) is 5.61. The standard InChI is InChI=1S/C15H24N2O3S/c1-5-10-16-11-12-6-8-13(9-7-12)17-14(18)15(2,3)21(4,19)20/h6-9,16H,5,10-11H2,1-4H3,(H,17,18). The Bertz CT molecular complexity index is 577. The van der Waals surface area contributed by atoms with E-state index in [0.717, 1.165) is 31.3 Å². The molecular weight excluding hydrogens is 288 g/mol. The summed E-state index contributed by atoms with van der Waals surface area (Å²) in [6.07, 6.45) is 2.14.